The summed E-state index contributed by atoms with van der Waals surface area (Å²) in [4.78, 5) is 37.9. The van der Waals surface area contributed by atoms with Crippen LogP contribution in [0.5, 0.6) is 0 Å². The molecule has 0 saturated carbocycles. The maximum atomic E-state index is 12.8. The summed E-state index contributed by atoms with van der Waals surface area (Å²) in [6.07, 6.45) is 68.0. The Labute approximate surface area is 387 Å². The Kier molecular flexibility index (Phi) is 47.5. The van der Waals surface area contributed by atoms with E-state index in [-0.39, 0.29) is 37.5 Å². The first-order valence-corrected chi connectivity index (χ1v) is 25.4. The van der Waals surface area contributed by atoms with Crippen molar-refractivity contribution in [2.24, 2.45) is 0 Å². The average molecular weight is 873 g/mol. The van der Waals surface area contributed by atoms with Gasteiger partial charge in [0, 0.05) is 19.3 Å². The van der Waals surface area contributed by atoms with Crippen LogP contribution in [0.25, 0.3) is 0 Å². The topological polar surface area (TPSA) is 78.9 Å². The van der Waals surface area contributed by atoms with E-state index in [1.165, 1.54) is 64.2 Å². The first-order valence-electron chi connectivity index (χ1n) is 25.4. The Hall–Kier alpha value is -3.93. The van der Waals surface area contributed by atoms with Crippen LogP contribution in [0.4, 0.5) is 0 Å². The fraction of sp³-hybridized carbons (Fsp3) is 0.632. The summed E-state index contributed by atoms with van der Waals surface area (Å²) in [6, 6.07) is 0. The van der Waals surface area contributed by atoms with Crippen LogP contribution in [-0.4, -0.2) is 37.2 Å². The van der Waals surface area contributed by atoms with E-state index in [1.807, 2.05) is 0 Å². The molecule has 0 spiro atoms. The van der Waals surface area contributed by atoms with Crippen LogP contribution in [0, 0.1) is 0 Å². The highest BCUT2D eigenvalue weighted by molar-refractivity contribution is 5.71. The molecule has 1 unspecified atom stereocenters. The number of esters is 3. The molecular formula is C57H92O6. The van der Waals surface area contributed by atoms with E-state index in [0.717, 1.165) is 103 Å². The van der Waals surface area contributed by atoms with Crippen molar-refractivity contribution < 1.29 is 28.6 Å². The highest BCUT2D eigenvalue weighted by Gasteiger charge is 2.19. The standard InChI is InChI=1S/C57H92O6/c1-4-7-10-13-16-19-22-24-26-27-28-29-31-32-35-38-41-44-47-50-56(59)62-53-54(52-61-55(58)49-46-43-40-37-34-21-18-15-12-9-6-3)63-57(60)51-48-45-42-39-36-33-30-25-23-20-17-14-11-8-5-2/h7-12,14,16-21,23-24,26,37,40,54H,4-6,13,15,22,25,27-36,38-39,41-53H2,1-3H3/b10-7-,11-8-,12-9-,17-14-,19-16-,21-18-,23-20-,26-24-,40-37-. The lowest BCUT2D eigenvalue weighted by atomic mass is 10.1. The molecule has 6 heteroatoms. The van der Waals surface area contributed by atoms with Crippen molar-refractivity contribution in [1.29, 1.82) is 0 Å². The lowest BCUT2D eigenvalue weighted by Crippen LogP contribution is -2.30. The third-order valence-electron chi connectivity index (χ3n) is 10.3. The number of ether oxygens (including phenoxy) is 3. The molecule has 0 fully saturated rings. The molecule has 0 aromatic carbocycles. The zero-order chi connectivity index (χ0) is 45.8. The third-order valence-corrected chi connectivity index (χ3v) is 10.3. The van der Waals surface area contributed by atoms with Gasteiger partial charge in [0.1, 0.15) is 13.2 Å². The van der Waals surface area contributed by atoms with Crippen LogP contribution in [0.3, 0.4) is 0 Å². The van der Waals surface area contributed by atoms with Crippen molar-refractivity contribution in [2.45, 2.75) is 219 Å². The van der Waals surface area contributed by atoms with Gasteiger partial charge >= 0.3 is 17.9 Å². The lowest BCUT2D eigenvalue weighted by molar-refractivity contribution is -0.167. The molecule has 0 bridgehead atoms. The Bertz CT molecular complexity index is 1330. The Morgan fingerprint density at radius 1 is 0.333 bits per heavy atom. The molecule has 63 heavy (non-hydrogen) atoms. The molecule has 0 aliphatic heterocycles. The summed E-state index contributed by atoms with van der Waals surface area (Å²) in [5, 5.41) is 0. The largest absolute Gasteiger partial charge is 0.462 e. The second-order valence-electron chi connectivity index (χ2n) is 16.3. The smallest absolute Gasteiger partial charge is 0.306 e. The van der Waals surface area contributed by atoms with Crippen molar-refractivity contribution in [3.05, 3.63) is 109 Å². The average Bonchev–Trinajstić information content (AvgIpc) is 3.28. The number of rotatable bonds is 44. The maximum absolute atomic E-state index is 12.8. The predicted octanol–water partition coefficient (Wildman–Crippen LogP) is 16.8. The zero-order valence-corrected chi connectivity index (χ0v) is 40.5. The number of unbranched alkanes of at least 4 members (excludes halogenated alkanes) is 17. The summed E-state index contributed by atoms with van der Waals surface area (Å²) < 4.78 is 16.7. The quantitative estimate of drug-likeness (QED) is 0.0199. The molecule has 0 N–H and O–H groups in total. The van der Waals surface area contributed by atoms with Gasteiger partial charge in [-0.2, -0.15) is 0 Å². The number of hydrogen-bond acceptors (Lipinski definition) is 6. The summed E-state index contributed by atoms with van der Waals surface area (Å²) in [7, 11) is 0. The van der Waals surface area contributed by atoms with E-state index in [0.29, 0.717) is 19.3 Å². The van der Waals surface area contributed by atoms with Gasteiger partial charge in [0.2, 0.25) is 0 Å². The fourth-order valence-corrected chi connectivity index (χ4v) is 6.60. The van der Waals surface area contributed by atoms with E-state index in [1.54, 1.807) is 0 Å². The van der Waals surface area contributed by atoms with Gasteiger partial charge in [0.25, 0.3) is 0 Å². The Morgan fingerprint density at radius 3 is 1.13 bits per heavy atom. The summed E-state index contributed by atoms with van der Waals surface area (Å²) >= 11 is 0. The molecule has 1 atom stereocenters. The SMILES string of the molecule is CC\C=C/C=C\C=C/CCCCCCCCCC(=O)OC(COC(=O)CCC/C=C\C/C=C\C/C=C\CC)COC(=O)CCCCCCCCCCC/C=C\C/C=C\C/C=C\CC. The van der Waals surface area contributed by atoms with Crippen LogP contribution < -0.4 is 0 Å². The van der Waals surface area contributed by atoms with Gasteiger partial charge < -0.3 is 14.2 Å². The number of hydrogen-bond donors (Lipinski definition) is 0. The molecule has 0 aliphatic carbocycles. The van der Waals surface area contributed by atoms with Crippen molar-refractivity contribution in [1.82, 2.24) is 0 Å². The van der Waals surface area contributed by atoms with Crippen LogP contribution in [0.15, 0.2) is 109 Å². The van der Waals surface area contributed by atoms with Gasteiger partial charge in [0.05, 0.1) is 0 Å². The minimum Gasteiger partial charge on any atom is -0.462 e. The predicted molar refractivity (Wildman–Crippen MR) is 270 cm³/mol. The highest BCUT2D eigenvalue weighted by atomic mass is 16.6. The fourth-order valence-electron chi connectivity index (χ4n) is 6.60. The Balaban J connectivity index is 4.42. The second kappa shape index (κ2) is 50.7. The van der Waals surface area contributed by atoms with E-state index >= 15 is 0 Å². The first kappa shape index (κ1) is 59.1. The highest BCUT2D eigenvalue weighted by Crippen LogP contribution is 2.14. The van der Waals surface area contributed by atoms with Crippen molar-refractivity contribution in [3.63, 3.8) is 0 Å². The summed E-state index contributed by atoms with van der Waals surface area (Å²) in [5.41, 5.74) is 0. The molecule has 6 nitrogen and oxygen atoms in total. The molecule has 356 valence electrons. The molecule has 0 rings (SSSR count). The normalized spacial score (nSPS) is 13.0. The van der Waals surface area contributed by atoms with Gasteiger partial charge in [-0.25, -0.2) is 0 Å². The van der Waals surface area contributed by atoms with E-state index in [2.05, 4.69) is 130 Å². The van der Waals surface area contributed by atoms with Gasteiger partial charge in [-0.1, -0.05) is 207 Å². The van der Waals surface area contributed by atoms with Gasteiger partial charge in [-0.3, -0.25) is 14.4 Å². The van der Waals surface area contributed by atoms with Crippen molar-refractivity contribution >= 4 is 17.9 Å². The van der Waals surface area contributed by atoms with Crippen LogP contribution in [-0.2, 0) is 28.6 Å². The molecule has 0 radical (unpaired) electrons. The van der Waals surface area contributed by atoms with E-state index in [4.69, 9.17) is 14.2 Å². The second-order valence-corrected chi connectivity index (χ2v) is 16.3. The summed E-state index contributed by atoms with van der Waals surface area (Å²) in [5.74, 6) is -0.984. The van der Waals surface area contributed by atoms with Crippen LogP contribution in [0.1, 0.15) is 213 Å². The zero-order valence-electron chi connectivity index (χ0n) is 40.5. The number of allylic oxidation sites excluding steroid dienone is 18. The molecule has 0 amide bonds. The van der Waals surface area contributed by atoms with Crippen molar-refractivity contribution in [2.75, 3.05) is 13.2 Å². The van der Waals surface area contributed by atoms with Crippen LogP contribution >= 0.6 is 0 Å². The molecule has 0 aromatic rings. The number of carbonyl (C=O) groups excluding carboxylic acids is 3. The third kappa shape index (κ3) is 49.0. The molecule has 0 heterocycles. The van der Waals surface area contributed by atoms with E-state index in [9.17, 15) is 14.4 Å². The summed E-state index contributed by atoms with van der Waals surface area (Å²) in [6.45, 7) is 6.20. The van der Waals surface area contributed by atoms with Gasteiger partial charge in [0.15, 0.2) is 6.10 Å². The van der Waals surface area contributed by atoms with Crippen molar-refractivity contribution in [3.8, 4) is 0 Å². The number of carbonyl (C=O) groups is 3. The van der Waals surface area contributed by atoms with Gasteiger partial charge in [-0.15, -0.1) is 0 Å². The lowest BCUT2D eigenvalue weighted by Gasteiger charge is -2.18. The molecule has 0 aliphatic rings. The molecule has 0 saturated heterocycles. The first-order chi connectivity index (χ1) is 31.0. The molecule has 0 aromatic heterocycles. The molecular weight excluding hydrogens is 781 g/mol. The maximum Gasteiger partial charge on any atom is 0.306 e. The van der Waals surface area contributed by atoms with Crippen LogP contribution in [0.2, 0.25) is 0 Å². The minimum atomic E-state index is -0.808. The monoisotopic (exact) mass is 873 g/mol. The van der Waals surface area contributed by atoms with E-state index < -0.39 is 6.10 Å². The van der Waals surface area contributed by atoms with Gasteiger partial charge in [-0.05, 0) is 96.3 Å². The Morgan fingerprint density at radius 2 is 0.667 bits per heavy atom. The minimum absolute atomic E-state index is 0.104.